The normalized spacial score (nSPS) is 10.8. The number of ether oxygens (including phenoxy) is 1. The monoisotopic (exact) mass is 260 g/mol. The molecule has 0 radical (unpaired) electrons. The molecule has 0 aromatic heterocycles. The molecule has 0 bridgehead atoms. The highest BCUT2D eigenvalue weighted by atomic mass is 32.1. The van der Waals surface area contributed by atoms with Crippen LogP contribution in [0, 0.1) is 5.92 Å². The summed E-state index contributed by atoms with van der Waals surface area (Å²) in [7, 11) is 0. The Kier molecular flexibility index (Phi) is 12.2. The topological polar surface area (TPSA) is 26.3 Å². The van der Waals surface area contributed by atoms with Gasteiger partial charge in [0.25, 0.3) is 0 Å². The Morgan fingerprint density at radius 3 is 1.88 bits per heavy atom. The number of esters is 1. The van der Waals surface area contributed by atoms with Crippen LogP contribution >= 0.6 is 12.6 Å². The zero-order valence-corrected chi connectivity index (χ0v) is 12.3. The lowest BCUT2D eigenvalue weighted by molar-refractivity contribution is -0.147. The fraction of sp³-hybridized carbons (Fsp3) is 0.929. The van der Waals surface area contributed by atoms with Gasteiger partial charge in [-0.25, -0.2) is 0 Å². The summed E-state index contributed by atoms with van der Waals surface area (Å²) >= 11 is 4.19. The molecule has 0 saturated carbocycles. The van der Waals surface area contributed by atoms with Crippen molar-refractivity contribution < 1.29 is 9.53 Å². The zero-order chi connectivity index (χ0) is 12.9. The summed E-state index contributed by atoms with van der Waals surface area (Å²) in [5.41, 5.74) is 0. The van der Waals surface area contributed by atoms with Crippen molar-refractivity contribution >= 4 is 18.6 Å². The van der Waals surface area contributed by atoms with Gasteiger partial charge in [0, 0.05) is 0 Å². The second-order valence-electron chi connectivity index (χ2n) is 4.87. The number of unbranched alkanes of at least 4 members (excludes halogenated alkanes) is 7. The van der Waals surface area contributed by atoms with Crippen LogP contribution in [0.15, 0.2) is 0 Å². The maximum atomic E-state index is 11.1. The van der Waals surface area contributed by atoms with Crippen LogP contribution in [0.2, 0.25) is 0 Å². The average Bonchev–Trinajstić information content (AvgIpc) is 2.31. The van der Waals surface area contributed by atoms with Crippen LogP contribution in [0.4, 0.5) is 0 Å². The SMILES string of the molecule is CC(C)C(=O)OCCCCCCCCCCS. The van der Waals surface area contributed by atoms with E-state index in [0.717, 1.165) is 12.2 Å². The van der Waals surface area contributed by atoms with Crippen molar-refractivity contribution in [3.63, 3.8) is 0 Å². The van der Waals surface area contributed by atoms with Crippen molar-refractivity contribution in [1.29, 1.82) is 0 Å². The number of hydrogen-bond donors (Lipinski definition) is 1. The Morgan fingerprint density at radius 2 is 1.41 bits per heavy atom. The molecule has 0 aliphatic rings. The molecule has 0 saturated heterocycles. The van der Waals surface area contributed by atoms with E-state index in [1.165, 1.54) is 44.9 Å². The van der Waals surface area contributed by atoms with Crippen LogP contribution in [-0.2, 0) is 9.53 Å². The van der Waals surface area contributed by atoms with Crippen molar-refractivity contribution in [3.8, 4) is 0 Å². The molecule has 0 aliphatic carbocycles. The maximum Gasteiger partial charge on any atom is 0.308 e. The fourth-order valence-electron chi connectivity index (χ4n) is 1.61. The van der Waals surface area contributed by atoms with Crippen molar-refractivity contribution in [3.05, 3.63) is 0 Å². The zero-order valence-electron chi connectivity index (χ0n) is 11.4. The molecule has 0 N–H and O–H groups in total. The van der Waals surface area contributed by atoms with E-state index in [4.69, 9.17) is 4.74 Å². The minimum Gasteiger partial charge on any atom is -0.465 e. The van der Waals surface area contributed by atoms with Crippen LogP contribution in [-0.4, -0.2) is 18.3 Å². The first-order chi connectivity index (χ1) is 8.18. The van der Waals surface area contributed by atoms with E-state index in [1.807, 2.05) is 13.8 Å². The summed E-state index contributed by atoms with van der Waals surface area (Å²) in [4.78, 5) is 11.1. The van der Waals surface area contributed by atoms with Gasteiger partial charge < -0.3 is 4.74 Å². The number of rotatable bonds is 11. The van der Waals surface area contributed by atoms with E-state index in [1.54, 1.807) is 0 Å². The highest BCUT2D eigenvalue weighted by molar-refractivity contribution is 7.80. The largest absolute Gasteiger partial charge is 0.465 e. The molecular weight excluding hydrogens is 232 g/mol. The van der Waals surface area contributed by atoms with E-state index in [0.29, 0.717) is 6.61 Å². The third-order valence-corrected chi connectivity index (χ3v) is 3.08. The Bertz CT molecular complexity index is 181. The van der Waals surface area contributed by atoms with Gasteiger partial charge in [-0.05, 0) is 18.6 Å². The highest BCUT2D eigenvalue weighted by Gasteiger charge is 2.06. The standard InChI is InChI=1S/C14H28O2S/c1-13(2)14(15)16-11-9-7-5-3-4-6-8-10-12-17/h13,17H,3-12H2,1-2H3. The molecule has 0 amide bonds. The molecule has 0 heterocycles. The summed E-state index contributed by atoms with van der Waals surface area (Å²) in [6.45, 7) is 4.33. The Morgan fingerprint density at radius 1 is 0.941 bits per heavy atom. The first-order valence-electron chi connectivity index (χ1n) is 6.96. The van der Waals surface area contributed by atoms with Crippen molar-refractivity contribution in [1.82, 2.24) is 0 Å². The number of carbonyl (C=O) groups is 1. The molecule has 3 heteroatoms. The van der Waals surface area contributed by atoms with Gasteiger partial charge in [0.05, 0.1) is 12.5 Å². The van der Waals surface area contributed by atoms with Crippen LogP contribution in [0.3, 0.4) is 0 Å². The smallest absolute Gasteiger partial charge is 0.308 e. The van der Waals surface area contributed by atoms with Crippen molar-refractivity contribution in [2.75, 3.05) is 12.4 Å². The van der Waals surface area contributed by atoms with E-state index in [9.17, 15) is 4.79 Å². The molecule has 0 unspecified atom stereocenters. The summed E-state index contributed by atoms with van der Waals surface area (Å²) in [6, 6.07) is 0. The number of hydrogen-bond acceptors (Lipinski definition) is 3. The quantitative estimate of drug-likeness (QED) is 0.342. The Hall–Kier alpha value is -0.180. The third-order valence-electron chi connectivity index (χ3n) is 2.77. The van der Waals surface area contributed by atoms with E-state index >= 15 is 0 Å². The molecule has 0 aromatic carbocycles. The summed E-state index contributed by atoms with van der Waals surface area (Å²) in [5.74, 6) is 0.944. The van der Waals surface area contributed by atoms with Gasteiger partial charge in [-0.3, -0.25) is 4.79 Å². The fourth-order valence-corrected chi connectivity index (χ4v) is 1.84. The molecule has 0 rings (SSSR count). The lowest BCUT2D eigenvalue weighted by Gasteiger charge is -2.06. The maximum absolute atomic E-state index is 11.1. The van der Waals surface area contributed by atoms with Gasteiger partial charge in [-0.2, -0.15) is 12.6 Å². The van der Waals surface area contributed by atoms with Gasteiger partial charge in [-0.15, -0.1) is 0 Å². The first kappa shape index (κ1) is 16.8. The molecule has 0 atom stereocenters. The number of thiol groups is 1. The predicted octanol–water partition coefficient (Wildman–Crippen LogP) is 4.24. The molecule has 17 heavy (non-hydrogen) atoms. The molecule has 0 aromatic rings. The van der Waals surface area contributed by atoms with Crippen LogP contribution < -0.4 is 0 Å². The molecule has 0 spiro atoms. The van der Waals surface area contributed by atoms with Crippen molar-refractivity contribution in [2.24, 2.45) is 5.92 Å². The minimum atomic E-state index is -0.0724. The van der Waals surface area contributed by atoms with E-state index in [2.05, 4.69) is 12.6 Å². The Labute approximate surface area is 112 Å². The first-order valence-corrected chi connectivity index (χ1v) is 7.59. The van der Waals surface area contributed by atoms with Gasteiger partial charge in [-0.1, -0.05) is 52.4 Å². The van der Waals surface area contributed by atoms with E-state index in [-0.39, 0.29) is 11.9 Å². The van der Waals surface area contributed by atoms with Gasteiger partial charge in [0.15, 0.2) is 0 Å². The van der Waals surface area contributed by atoms with Crippen LogP contribution in [0.1, 0.15) is 65.2 Å². The number of carbonyl (C=O) groups excluding carboxylic acids is 1. The average molecular weight is 260 g/mol. The van der Waals surface area contributed by atoms with Gasteiger partial charge in [0.2, 0.25) is 0 Å². The van der Waals surface area contributed by atoms with Gasteiger partial charge >= 0.3 is 5.97 Å². The summed E-state index contributed by atoms with van der Waals surface area (Å²) in [6.07, 6.45) is 9.99. The second kappa shape index (κ2) is 12.3. The molecule has 0 aliphatic heterocycles. The molecule has 102 valence electrons. The molecular formula is C14H28O2S. The lowest BCUT2D eigenvalue weighted by atomic mass is 10.1. The molecule has 0 fully saturated rings. The van der Waals surface area contributed by atoms with Crippen molar-refractivity contribution in [2.45, 2.75) is 65.2 Å². The van der Waals surface area contributed by atoms with Crippen LogP contribution in [0.25, 0.3) is 0 Å². The summed E-state index contributed by atoms with van der Waals surface area (Å²) in [5, 5.41) is 0. The minimum absolute atomic E-state index is 0.00170. The van der Waals surface area contributed by atoms with Crippen LogP contribution in [0.5, 0.6) is 0 Å². The second-order valence-corrected chi connectivity index (χ2v) is 5.32. The summed E-state index contributed by atoms with van der Waals surface area (Å²) < 4.78 is 5.12. The third kappa shape index (κ3) is 12.1. The highest BCUT2D eigenvalue weighted by Crippen LogP contribution is 2.09. The van der Waals surface area contributed by atoms with E-state index < -0.39 is 0 Å². The molecule has 2 nitrogen and oxygen atoms in total. The lowest BCUT2D eigenvalue weighted by Crippen LogP contribution is -2.12. The predicted molar refractivity (Wildman–Crippen MR) is 76.6 cm³/mol. The van der Waals surface area contributed by atoms with Gasteiger partial charge in [0.1, 0.15) is 0 Å². The Balaban J connectivity index is 3.06.